The molecule has 0 aromatic heterocycles. The Kier molecular flexibility index (Phi) is 8.97. The van der Waals surface area contributed by atoms with Crippen LogP contribution in [-0.2, 0) is 26.0 Å². The first-order valence-electron chi connectivity index (χ1n) is 9.68. The molecule has 32 heavy (non-hydrogen) atoms. The molecular weight excluding hydrogens is 441 g/mol. The van der Waals surface area contributed by atoms with E-state index in [0.29, 0.717) is 11.3 Å². The molecule has 0 aliphatic heterocycles. The van der Waals surface area contributed by atoms with Gasteiger partial charge < -0.3 is 20.5 Å². The molecule has 2 aromatic carbocycles. The van der Waals surface area contributed by atoms with Crippen molar-refractivity contribution in [3.63, 3.8) is 0 Å². The van der Waals surface area contributed by atoms with Gasteiger partial charge in [0.2, 0.25) is 21.8 Å². The fraction of sp³-hybridized carbons (Fsp3) is 0.333. The number of rotatable bonds is 12. The van der Waals surface area contributed by atoms with Crippen molar-refractivity contribution in [2.45, 2.75) is 17.7 Å². The SMILES string of the molecule is COc1ccc(S(=O)(=O)NCCC(=O)NCC(Cc2ccc(F)cc2)C(N)=O)cc1OC. The molecule has 0 saturated carbocycles. The summed E-state index contributed by atoms with van der Waals surface area (Å²) >= 11 is 0. The van der Waals surface area contributed by atoms with Crippen LogP contribution in [0, 0.1) is 11.7 Å². The molecular formula is C21H26FN3O6S. The molecule has 0 saturated heterocycles. The highest BCUT2D eigenvalue weighted by Crippen LogP contribution is 2.29. The van der Waals surface area contributed by atoms with Crippen molar-refractivity contribution in [1.82, 2.24) is 10.0 Å². The van der Waals surface area contributed by atoms with Crippen LogP contribution < -0.4 is 25.2 Å². The Balaban J connectivity index is 1.86. The van der Waals surface area contributed by atoms with E-state index in [1.54, 1.807) is 0 Å². The summed E-state index contributed by atoms with van der Waals surface area (Å²) in [6, 6.07) is 9.76. The minimum Gasteiger partial charge on any atom is -0.493 e. The smallest absolute Gasteiger partial charge is 0.240 e. The number of ether oxygens (including phenoxy) is 2. The lowest BCUT2D eigenvalue weighted by atomic mass is 9.98. The molecule has 0 aliphatic carbocycles. The van der Waals surface area contributed by atoms with Gasteiger partial charge in [-0.3, -0.25) is 9.59 Å². The van der Waals surface area contributed by atoms with Crippen molar-refractivity contribution in [2.24, 2.45) is 11.7 Å². The van der Waals surface area contributed by atoms with E-state index in [1.165, 1.54) is 56.7 Å². The lowest BCUT2D eigenvalue weighted by Crippen LogP contribution is -2.38. The van der Waals surface area contributed by atoms with Crippen LogP contribution in [0.2, 0.25) is 0 Å². The maximum atomic E-state index is 13.0. The molecule has 0 aliphatic rings. The summed E-state index contributed by atoms with van der Waals surface area (Å²) in [5.74, 6) is -1.50. The topological polar surface area (TPSA) is 137 Å². The quantitative estimate of drug-likeness (QED) is 0.426. The number of halogens is 1. The van der Waals surface area contributed by atoms with Gasteiger partial charge in [0.15, 0.2) is 11.5 Å². The number of carbonyl (C=O) groups excluding carboxylic acids is 2. The molecule has 2 amide bonds. The lowest BCUT2D eigenvalue weighted by Gasteiger charge is -2.15. The Morgan fingerprint density at radius 2 is 1.72 bits per heavy atom. The number of primary amides is 1. The first kappa shape index (κ1) is 25.1. The van der Waals surface area contributed by atoms with Gasteiger partial charge in [0.05, 0.1) is 25.0 Å². The fourth-order valence-electron chi connectivity index (χ4n) is 2.87. The number of nitrogens with one attached hydrogen (secondary N) is 2. The van der Waals surface area contributed by atoms with Crippen molar-refractivity contribution < 1.29 is 31.9 Å². The van der Waals surface area contributed by atoms with Crippen LogP contribution in [-0.4, -0.2) is 47.5 Å². The van der Waals surface area contributed by atoms with Crippen molar-refractivity contribution in [1.29, 1.82) is 0 Å². The maximum absolute atomic E-state index is 13.0. The number of sulfonamides is 1. The zero-order valence-electron chi connectivity index (χ0n) is 17.8. The molecule has 0 spiro atoms. The highest BCUT2D eigenvalue weighted by atomic mass is 32.2. The van der Waals surface area contributed by atoms with Crippen LogP contribution in [0.25, 0.3) is 0 Å². The number of benzene rings is 2. The summed E-state index contributed by atoms with van der Waals surface area (Å²) in [6.45, 7) is -0.171. The first-order chi connectivity index (χ1) is 15.2. The van der Waals surface area contributed by atoms with E-state index in [-0.39, 0.29) is 36.6 Å². The Morgan fingerprint density at radius 1 is 1.06 bits per heavy atom. The number of amides is 2. The number of methoxy groups -OCH3 is 2. The molecule has 9 nitrogen and oxygen atoms in total. The zero-order chi connectivity index (χ0) is 23.7. The predicted octanol–water partition coefficient (Wildman–Crippen LogP) is 0.972. The number of nitrogens with two attached hydrogens (primary N) is 1. The molecule has 2 rings (SSSR count). The number of carbonyl (C=O) groups is 2. The minimum absolute atomic E-state index is 0.0199. The van der Waals surface area contributed by atoms with E-state index in [4.69, 9.17) is 15.2 Å². The highest BCUT2D eigenvalue weighted by Gasteiger charge is 2.19. The van der Waals surface area contributed by atoms with Crippen LogP contribution >= 0.6 is 0 Å². The third-order valence-electron chi connectivity index (χ3n) is 4.65. The van der Waals surface area contributed by atoms with Crippen molar-refractivity contribution >= 4 is 21.8 Å². The van der Waals surface area contributed by atoms with Crippen molar-refractivity contribution in [2.75, 3.05) is 27.3 Å². The van der Waals surface area contributed by atoms with E-state index >= 15 is 0 Å². The van der Waals surface area contributed by atoms with Crippen molar-refractivity contribution in [3.05, 3.63) is 53.8 Å². The number of hydrogen-bond acceptors (Lipinski definition) is 6. The van der Waals surface area contributed by atoms with Crippen molar-refractivity contribution in [3.8, 4) is 11.5 Å². The predicted molar refractivity (Wildman–Crippen MR) is 115 cm³/mol. The molecule has 0 bridgehead atoms. The molecule has 0 radical (unpaired) electrons. The van der Waals surface area contributed by atoms with Gasteiger partial charge in [-0.05, 0) is 36.2 Å². The Bertz CT molecular complexity index is 1040. The summed E-state index contributed by atoms with van der Waals surface area (Å²) in [7, 11) is -1.05. The number of hydrogen-bond donors (Lipinski definition) is 3. The average Bonchev–Trinajstić information content (AvgIpc) is 2.77. The largest absolute Gasteiger partial charge is 0.493 e. The second-order valence-corrected chi connectivity index (χ2v) is 8.67. The van der Waals surface area contributed by atoms with Crippen LogP contribution in [0.3, 0.4) is 0 Å². The van der Waals surface area contributed by atoms with Crippen LogP contribution in [0.15, 0.2) is 47.4 Å². The first-order valence-corrected chi connectivity index (χ1v) is 11.2. The summed E-state index contributed by atoms with van der Waals surface area (Å²) in [6.07, 6.45) is 0.0936. The van der Waals surface area contributed by atoms with Crippen LogP contribution in [0.4, 0.5) is 4.39 Å². The highest BCUT2D eigenvalue weighted by molar-refractivity contribution is 7.89. The Labute approximate surface area is 186 Å². The summed E-state index contributed by atoms with van der Waals surface area (Å²) in [5.41, 5.74) is 6.09. The van der Waals surface area contributed by atoms with Gasteiger partial charge >= 0.3 is 0 Å². The Hall–Kier alpha value is -3.18. The lowest BCUT2D eigenvalue weighted by molar-refractivity contribution is -0.123. The van der Waals surface area contributed by atoms with Crippen LogP contribution in [0.5, 0.6) is 11.5 Å². The van der Waals surface area contributed by atoms with Crippen LogP contribution in [0.1, 0.15) is 12.0 Å². The minimum atomic E-state index is -3.87. The molecule has 11 heteroatoms. The van der Waals surface area contributed by atoms with Gasteiger partial charge in [0.25, 0.3) is 0 Å². The monoisotopic (exact) mass is 467 g/mol. The van der Waals surface area contributed by atoms with E-state index in [0.717, 1.165) is 0 Å². The second kappa shape index (κ2) is 11.4. The van der Waals surface area contributed by atoms with E-state index in [2.05, 4.69) is 10.0 Å². The van der Waals surface area contributed by atoms with E-state index < -0.39 is 33.6 Å². The molecule has 1 unspecified atom stereocenters. The second-order valence-electron chi connectivity index (χ2n) is 6.90. The molecule has 4 N–H and O–H groups in total. The van der Waals surface area contributed by atoms with E-state index in [9.17, 15) is 22.4 Å². The van der Waals surface area contributed by atoms with Gasteiger partial charge in [-0.1, -0.05) is 12.1 Å². The fourth-order valence-corrected chi connectivity index (χ4v) is 3.92. The van der Waals surface area contributed by atoms with Gasteiger partial charge in [-0.25, -0.2) is 17.5 Å². The standard InChI is InChI=1S/C21H26FN3O6S/c1-30-18-8-7-17(12-19(18)31-2)32(28,29)25-10-9-20(26)24-13-15(21(23)27)11-14-3-5-16(22)6-4-14/h3-8,12,15,25H,9-11,13H2,1-2H3,(H2,23,27)(H,24,26). The third kappa shape index (κ3) is 7.20. The zero-order valence-corrected chi connectivity index (χ0v) is 18.6. The maximum Gasteiger partial charge on any atom is 0.240 e. The van der Waals surface area contributed by atoms with Gasteiger partial charge in [-0.15, -0.1) is 0 Å². The van der Waals surface area contributed by atoms with Gasteiger partial charge in [0.1, 0.15) is 5.82 Å². The molecule has 1 atom stereocenters. The summed E-state index contributed by atoms with van der Waals surface area (Å²) in [5, 5.41) is 2.57. The average molecular weight is 468 g/mol. The van der Waals surface area contributed by atoms with Gasteiger partial charge in [0, 0.05) is 25.6 Å². The van der Waals surface area contributed by atoms with E-state index in [1.807, 2.05) is 0 Å². The van der Waals surface area contributed by atoms with Gasteiger partial charge in [-0.2, -0.15) is 0 Å². The molecule has 174 valence electrons. The summed E-state index contributed by atoms with van der Waals surface area (Å²) < 4.78 is 50.4. The third-order valence-corrected chi connectivity index (χ3v) is 6.11. The normalized spacial score (nSPS) is 12.1. The Morgan fingerprint density at radius 3 is 2.31 bits per heavy atom. The molecule has 2 aromatic rings. The molecule has 0 heterocycles. The summed E-state index contributed by atoms with van der Waals surface area (Å²) in [4.78, 5) is 23.7. The molecule has 0 fully saturated rings.